The monoisotopic (exact) mass is 486 g/mol. The molecule has 2 heterocycles. The van der Waals surface area contributed by atoms with Crippen molar-refractivity contribution in [1.29, 1.82) is 0 Å². The van der Waals surface area contributed by atoms with Gasteiger partial charge < -0.3 is 19.4 Å². The number of hydrogen-bond donors (Lipinski definition) is 1. The molecule has 2 aromatic heterocycles. The molecule has 1 aromatic carbocycles. The SMILES string of the molecule is CCOC(=O)c1c(NC(=O)CSc2nnc(COc3ccccc3)n2CC)sc2c1CCC2. The number of rotatable bonds is 10. The zero-order valence-electron chi connectivity index (χ0n) is 18.6. The van der Waals surface area contributed by atoms with Gasteiger partial charge in [-0.15, -0.1) is 21.5 Å². The molecule has 1 aliphatic carbocycles. The van der Waals surface area contributed by atoms with E-state index >= 15 is 0 Å². The molecule has 1 amide bonds. The minimum absolute atomic E-state index is 0.155. The van der Waals surface area contributed by atoms with Crippen LogP contribution in [-0.2, 0) is 35.5 Å². The van der Waals surface area contributed by atoms with Gasteiger partial charge in [-0.3, -0.25) is 4.79 Å². The molecular formula is C23H26N4O4S2. The first-order valence-corrected chi connectivity index (χ1v) is 12.7. The molecule has 0 bridgehead atoms. The molecule has 0 atom stereocenters. The Hall–Kier alpha value is -2.85. The summed E-state index contributed by atoms with van der Waals surface area (Å²) in [6, 6.07) is 9.53. The number of ether oxygens (including phenoxy) is 2. The lowest BCUT2D eigenvalue weighted by molar-refractivity contribution is -0.113. The van der Waals surface area contributed by atoms with Crippen molar-refractivity contribution >= 4 is 40.0 Å². The number of carbonyl (C=O) groups excluding carboxylic acids is 2. The van der Waals surface area contributed by atoms with Crippen LogP contribution < -0.4 is 10.1 Å². The number of anilines is 1. The lowest BCUT2D eigenvalue weighted by atomic mass is 10.1. The fourth-order valence-corrected chi connectivity index (χ4v) is 5.83. The molecule has 33 heavy (non-hydrogen) atoms. The highest BCUT2D eigenvalue weighted by molar-refractivity contribution is 7.99. The molecule has 0 radical (unpaired) electrons. The first kappa shape index (κ1) is 23.3. The van der Waals surface area contributed by atoms with Crippen molar-refractivity contribution < 1.29 is 19.1 Å². The van der Waals surface area contributed by atoms with E-state index in [-0.39, 0.29) is 17.6 Å². The van der Waals surface area contributed by atoms with Gasteiger partial charge in [-0.25, -0.2) is 4.79 Å². The molecule has 0 spiro atoms. The Labute approximate surface area is 200 Å². The molecule has 8 nitrogen and oxygen atoms in total. The number of aryl methyl sites for hydroxylation is 1. The molecule has 1 aliphatic rings. The third-order valence-corrected chi connectivity index (χ3v) is 7.38. The van der Waals surface area contributed by atoms with Crippen LogP contribution in [0.15, 0.2) is 35.5 Å². The summed E-state index contributed by atoms with van der Waals surface area (Å²) < 4.78 is 12.9. The van der Waals surface area contributed by atoms with Gasteiger partial charge in [-0.2, -0.15) is 0 Å². The maximum Gasteiger partial charge on any atom is 0.341 e. The van der Waals surface area contributed by atoms with Crippen LogP contribution in [0.3, 0.4) is 0 Å². The number of aromatic nitrogens is 3. The molecule has 4 rings (SSSR count). The predicted molar refractivity (Wildman–Crippen MR) is 128 cm³/mol. The standard InChI is InChI=1S/C23H26N4O4S2/c1-3-27-18(13-31-15-9-6-5-7-10-15)25-26-23(27)32-14-19(28)24-21-20(22(29)30-4-2)16-11-8-12-17(16)33-21/h5-7,9-10H,3-4,8,11-14H2,1-2H3,(H,24,28). The number of carbonyl (C=O) groups is 2. The quantitative estimate of drug-likeness (QED) is 0.336. The second-order valence-corrected chi connectivity index (χ2v) is 9.41. The van der Waals surface area contributed by atoms with Gasteiger partial charge in [0.25, 0.3) is 0 Å². The Bertz CT molecular complexity index is 1130. The van der Waals surface area contributed by atoms with Crippen molar-refractivity contribution in [2.75, 3.05) is 17.7 Å². The van der Waals surface area contributed by atoms with Crippen molar-refractivity contribution in [1.82, 2.24) is 14.8 Å². The molecule has 3 aromatic rings. The summed E-state index contributed by atoms with van der Waals surface area (Å²) in [4.78, 5) is 26.4. The summed E-state index contributed by atoms with van der Waals surface area (Å²) in [6.45, 7) is 5.03. The maximum atomic E-state index is 12.7. The second-order valence-electron chi connectivity index (χ2n) is 7.36. The summed E-state index contributed by atoms with van der Waals surface area (Å²) in [7, 11) is 0. The third kappa shape index (κ3) is 5.39. The van der Waals surface area contributed by atoms with Crippen molar-refractivity contribution in [2.24, 2.45) is 0 Å². The maximum absolute atomic E-state index is 12.7. The van der Waals surface area contributed by atoms with E-state index < -0.39 is 0 Å². The van der Waals surface area contributed by atoms with E-state index in [1.807, 2.05) is 41.8 Å². The number of thiophene rings is 1. The minimum Gasteiger partial charge on any atom is -0.486 e. The van der Waals surface area contributed by atoms with Crippen molar-refractivity contribution in [2.45, 2.75) is 51.4 Å². The highest BCUT2D eigenvalue weighted by Crippen LogP contribution is 2.39. The summed E-state index contributed by atoms with van der Waals surface area (Å²) in [5.74, 6) is 1.05. The van der Waals surface area contributed by atoms with Crippen LogP contribution in [-0.4, -0.2) is 39.0 Å². The zero-order chi connectivity index (χ0) is 23.2. The van der Waals surface area contributed by atoms with Gasteiger partial charge in [-0.1, -0.05) is 30.0 Å². The topological polar surface area (TPSA) is 95.3 Å². The van der Waals surface area contributed by atoms with Gasteiger partial charge >= 0.3 is 5.97 Å². The predicted octanol–water partition coefficient (Wildman–Crippen LogP) is 4.33. The number of amides is 1. The van der Waals surface area contributed by atoms with Crippen LogP contribution in [0.25, 0.3) is 0 Å². The van der Waals surface area contributed by atoms with E-state index in [1.54, 1.807) is 6.92 Å². The number of esters is 1. The lowest BCUT2D eigenvalue weighted by Gasteiger charge is -2.09. The molecule has 174 valence electrons. The third-order valence-electron chi connectivity index (χ3n) is 5.21. The van der Waals surface area contributed by atoms with E-state index in [9.17, 15) is 9.59 Å². The zero-order valence-corrected chi connectivity index (χ0v) is 20.3. The number of thioether (sulfide) groups is 1. The highest BCUT2D eigenvalue weighted by atomic mass is 32.2. The molecule has 10 heteroatoms. The van der Waals surface area contributed by atoms with Crippen LogP contribution in [0, 0.1) is 0 Å². The minimum atomic E-state index is -0.367. The van der Waals surface area contributed by atoms with Crippen LogP contribution in [0.1, 0.15) is 46.9 Å². The van der Waals surface area contributed by atoms with Crippen LogP contribution in [0.2, 0.25) is 0 Å². The van der Waals surface area contributed by atoms with Crippen molar-refractivity contribution in [3.63, 3.8) is 0 Å². The smallest absolute Gasteiger partial charge is 0.341 e. The molecule has 0 saturated carbocycles. The molecule has 0 saturated heterocycles. The van der Waals surface area contributed by atoms with Gasteiger partial charge in [0.1, 0.15) is 17.4 Å². The molecule has 0 fully saturated rings. The first-order chi connectivity index (χ1) is 16.1. The fraction of sp³-hybridized carbons (Fsp3) is 0.391. The van der Waals surface area contributed by atoms with Crippen LogP contribution in [0.4, 0.5) is 5.00 Å². The summed E-state index contributed by atoms with van der Waals surface area (Å²) >= 11 is 2.78. The molecular weight excluding hydrogens is 460 g/mol. The Morgan fingerprint density at radius 1 is 1.18 bits per heavy atom. The average Bonchev–Trinajstić information content (AvgIpc) is 3.51. The fourth-order valence-electron chi connectivity index (χ4n) is 3.72. The van der Waals surface area contributed by atoms with E-state index in [0.29, 0.717) is 41.3 Å². The number of hydrogen-bond acceptors (Lipinski definition) is 8. The second kappa shape index (κ2) is 10.8. The van der Waals surface area contributed by atoms with Crippen LogP contribution >= 0.6 is 23.1 Å². The van der Waals surface area contributed by atoms with Crippen LogP contribution in [0.5, 0.6) is 5.75 Å². The van der Waals surface area contributed by atoms with E-state index in [1.165, 1.54) is 23.1 Å². The van der Waals surface area contributed by atoms with Gasteiger partial charge in [0.05, 0.1) is 17.9 Å². The molecule has 0 aliphatic heterocycles. The van der Waals surface area contributed by atoms with Crippen molar-refractivity contribution in [3.8, 4) is 5.75 Å². The Kier molecular flexibility index (Phi) is 7.66. The van der Waals surface area contributed by atoms with Crippen molar-refractivity contribution in [3.05, 3.63) is 52.2 Å². The lowest BCUT2D eigenvalue weighted by Crippen LogP contribution is -2.17. The number of para-hydroxylation sites is 1. The first-order valence-electron chi connectivity index (χ1n) is 10.9. The molecule has 0 unspecified atom stereocenters. The summed E-state index contributed by atoms with van der Waals surface area (Å²) in [5, 5.41) is 12.6. The Morgan fingerprint density at radius 2 is 2.00 bits per heavy atom. The van der Waals surface area contributed by atoms with E-state index in [2.05, 4.69) is 15.5 Å². The Morgan fingerprint density at radius 3 is 2.76 bits per heavy atom. The van der Waals surface area contributed by atoms with Gasteiger partial charge in [0.2, 0.25) is 5.91 Å². The van der Waals surface area contributed by atoms with E-state index in [4.69, 9.17) is 9.47 Å². The van der Waals surface area contributed by atoms with Gasteiger partial charge in [-0.05, 0) is 50.8 Å². The van der Waals surface area contributed by atoms with Gasteiger partial charge in [0.15, 0.2) is 11.0 Å². The molecule has 1 N–H and O–H groups in total. The highest BCUT2D eigenvalue weighted by Gasteiger charge is 2.28. The normalized spacial score (nSPS) is 12.4. The number of benzene rings is 1. The number of fused-ring (bicyclic) bond motifs is 1. The summed E-state index contributed by atoms with van der Waals surface area (Å²) in [6.07, 6.45) is 2.81. The summed E-state index contributed by atoms with van der Waals surface area (Å²) in [5.41, 5.74) is 1.54. The number of nitrogens with zero attached hydrogens (tertiary/aromatic N) is 3. The largest absolute Gasteiger partial charge is 0.486 e. The Balaban J connectivity index is 1.39. The van der Waals surface area contributed by atoms with Gasteiger partial charge in [0, 0.05) is 11.4 Å². The number of nitrogens with one attached hydrogen (secondary N) is 1. The average molecular weight is 487 g/mol. The van der Waals surface area contributed by atoms with E-state index in [0.717, 1.165) is 35.5 Å².